The Hall–Kier alpha value is -5.97. The van der Waals surface area contributed by atoms with Crippen molar-refractivity contribution in [2.75, 3.05) is 0 Å². The predicted octanol–water partition coefficient (Wildman–Crippen LogP) is 4.45. The van der Waals surface area contributed by atoms with E-state index in [1.165, 1.54) is 30.3 Å². The lowest BCUT2D eigenvalue weighted by molar-refractivity contribution is 0.0697. The monoisotopic (exact) mass is 559 g/mol. The number of nitrogens with one attached hydrogen (secondary N) is 1. The van der Waals surface area contributed by atoms with Crippen molar-refractivity contribution in [3.05, 3.63) is 112 Å². The second-order valence-corrected chi connectivity index (χ2v) is 9.53. The summed E-state index contributed by atoms with van der Waals surface area (Å²) in [5, 5.41) is 39.3. The van der Waals surface area contributed by atoms with Crippen LogP contribution in [0.15, 0.2) is 88.1 Å². The number of aromatic hydroxyl groups is 1. The molecule has 3 aromatic carbocycles. The molecule has 1 aromatic heterocycles. The molecule has 11 nitrogen and oxygen atoms in total. The van der Waals surface area contributed by atoms with E-state index in [1.54, 1.807) is 43.3 Å². The van der Waals surface area contributed by atoms with E-state index < -0.39 is 11.9 Å². The summed E-state index contributed by atoms with van der Waals surface area (Å²) in [6.45, 7) is 1.89. The standard InChI is InChI=1S/C31H21N5O6/c1-16-33-35-29(36-34-16)18-4-2-17(3-5-18)15-32-30(39)19-6-9-22(25(12-19)31(40)41)28-23-10-7-20(37)13-26(23)42-27-14-21(38)8-11-24(27)28/h2-14,37H,15H2,1H3,(H,32,39)(H,40,41). The van der Waals surface area contributed by atoms with Gasteiger partial charge in [0.1, 0.15) is 17.1 Å². The molecule has 0 fully saturated rings. The minimum Gasteiger partial charge on any atom is -0.508 e. The van der Waals surface area contributed by atoms with Crippen LogP contribution in [0.4, 0.5) is 0 Å². The summed E-state index contributed by atoms with van der Waals surface area (Å²) >= 11 is 0. The van der Waals surface area contributed by atoms with E-state index >= 15 is 0 Å². The Morgan fingerprint density at radius 1 is 0.857 bits per heavy atom. The van der Waals surface area contributed by atoms with Crippen LogP contribution < -0.4 is 10.7 Å². The van der Waals surface area contributed by atoms with Gasteiger partial charge < -0.3 is 19.9 Å². The van der Waals surface area contributed by atoms with Crippen molar-refractivity contribution in [2.45, 2.75) is 13.5 Å². The maximum atomic E-state index is 13.0. The number of aromatic carboxylic acids is 1. The van der Waals surface area contributed by atoms with Crippen molar-refractivity contribution in [3.8, 4) is 39.6 Å². The first-order chi connectivity index (χ1) is 20.3. The van der Waals surface area contributed by atoms with E-state index in [0.717, 1.165) is 11.1 Å². The highest BCUT2D eigenvalue weighted by atomic mass is 16.4. The van der Waals surface area contributed by atoms with Crippen molar-refractivity contribution in [2.24, 2.45) is 0 Å². The minimum absolute atomic E-state index is 0.0487. The number of hydrogen-bond acceptors (Lipinski definition) is 9. The number of phenols is 1. The Bertz CT molecular complexity index is 2020. The summed E-state index contributed by atoms with van der Waals surface area (Å²) in [5.41, 5.74) is 2.91. The maximum absolute atomic E-state index is 13.0. The van der Waals surface area contributed by atoms with Crippen molar-refractivity contribution in [3.63, 3.8) is 0 Å². The zero-order valence-corrected chi connectivity index (χ0v) is 22.0. The van der Waals surface area contributed by atoms with Crippen molar-refractivity contribution < 1.29 is 24.2 Å². The Morgan fingerprint density at radius 2 is 1.60 bits per heavy atom. The van der Waals surface area contributed by atoms with Gasteiger partial charge in [-0.2, -0.15) is 0 Å². The smallest absolute Gasteiger partial charge is 0.336 e. The van der Waals surface area contributed by atoms with Crippen molar-refractivity contribution >= 4 is 22.8 Å². The summed E-state index contributed by atoms with van der Waals surface area (Å²) < 4.78 is 5.86. The van der Waals surface area contributed by atoms with E-state index in [-0.39, 0.29) is 40.2 Å². The summed E-state index contributed by atoms with van der Waals surface area (Å²) in [7, 11) is 0. The molecule has 11 heteroatoms. The molecule has 0 spiro atoms. The number of rotatable bonds is 6. The van der Waals surface area contributed by atoms with Crippen LogP contribution in [-0.4, -0.2) is 42.5 Å². The lowest BCUT2D eigenvalue weighted by atomic mass is 9.90. The number of carboxylic acid groups (broad SMARTS) is 1. The minimum atomic E-state index is -1.24. The molecule has 0 atom stereocenters. The van der Waals surface area contributed by atoms with Crippen LogP contribution in [0.5, 0.6) is 5.75 Å². The third-order valence-electron chi connectivity index (χ3n) is 6.70. The molecule has 0 unspecified atom stereocenters. The second-order valence-electron chi connectivity index (χ2n) is 9.53. The van der Waals surface area contributed by atoms with Crippen LogP contribution in [0.2, 0.25) is 0 Å². The zero-order valence-electron chi connectivity index (χ0n) is 22.0. The molecule has 206 valence electrons. The highest BCUT2D eigenvalue weighted by molar-refractivity contribution is 6.09. The van der Waals surface area contributed by atoms with E-state index in [9.17, 15) is 24.6 Å². The van der Waals surface area contributed by atoms with Gasteiger partial charge >= 0.3 is 5.97 Å². The molecule has 1 aliphatic carbocycles. The maximum Gasteiger partial charge on any atom is 0.336 e. The van der Waals surface area contributed by atoms with Gasteiger partial charge in [0.2, 0.25) is 5.82 Å². The number of carbonyl (C=O) groups excluding carboxylic acids is 1. The first-order valence-corrected chi connectivity index (χ1v) is 12.8. The quantitative estimate of drug-likeness (QED) is 0.248. The van der Waals surface area contributed by atoms with Gasteiger partial charge in [-0.1, -0.05) is 30.3 Å². The molecule has 0 radical (unpaired) electrons. The molecule has 42 heavy (non-hydrogen) atoms. The van der Waals surface area contributed by atoms with Gasteiger partial charge in [0.15, 0.2) is 11.3 Å². The van der Waals surface area contributed by atoms with Crippen LogP contribution in [0, 0.1) is 6.92 Å². The Balaban J connectivity index is 1.31. The average molecular weight is 560 g/mol. The Kier molecular flexibility index (Phi) is 6.59. The second kappa shape index (κ2) is 10.5. The van der Waals surface area contributed by atoms with Crippen LogP contribution in [0.1, 0.15) is 32.1 Å². The normalized spacial score (nSPS) is 11.1. The van der Waals surface area contributed by atoms with Gasteiger partial charge in [-0.15, -0.1) is 20.4 Å². The number of carboxylic acids is 1. The lowest BCUT2D eigenvalue weighted by Gasteiger charge is -2.17. The van der Waals surface area contributed by atoms with Gasteiger partial charge in [-0.05, 0) is 54.4 Å². The highest BCUT2D eigenvalue weighted by Gasteiger charge is 2.23. The number of fused-ring (bicyclic) bond motifs is 2. The van der Waals surface area contributed by atoms with E-state index in [4.69, 9.17) is 4.42 Å². The topological polar surface area (TPSA) is 168 Å². The molecule has 1 amide bonds. The van der Waals surface area contributed by atoms with Crippen LogP contribution >= 0.6 is 0 Å². The molecule has 0 bridgehead atoms. The third kappa shape index (κ3) is 5.02. The summed E-state index contributed by atoms with van der Waals surface area (Å²) in [4.78, 5) is 37.5. The van der Waals surface area contributed by atoms with Gasteiger partial charge in [0.25, 0.3) is 5.91 Å². The van der Waals surface area contributed by atoms with Crippen molar-refractivity contribution in [1.82, 2.24) is 25.7 Å². The van der Waals surface area contributed by atoms with Crippen molar-refractivity contribution in [1.29, 1.82) is 0 Å². The zero-order chi connectivity index (χ0) is 29.4. The van der Waals surface area contributed by atoms with E-state index in [2.05, 4.69) is 25.7 Å². The predicted molar refractivity (Wildman–Crippen MR) is 152 cm³/mol. The molecule has 2 heterocycles. The number of hydrogen-bond donors (Lipinski definition) is 3. The number of phenolic OH excluding ortho intramolecular Hbond substituents is 1. The molecule has 1 aliphatic heterocycles. The van der Waals surface area contributed by atoms with Crippen LogP contribution in [-0.2, 0) is 6.54 Å². The first-order valence-electron chi connectivity index (χ1n) is 12.8. The molecule has 0 saturated heterocycles. The van der Waals surface area contributed by atoms with Gasteiger partial charge in [0, 0.05) is 46.3 Å². The number of benzene rings is 4. The van der Waals surface area contributed by atoms with Gasteiger partial charge in [-0.25, -0.2) is 4.79 Å². The highest BCUT2D eigenvalue weighted by Crippen LogP contribution is 2.42. The largest absolute Gasteiger partial charge is 0.508 e. The molecule has 3 N–H and O–H groups in total. The fraction of sp³-hybridized carbons (Fsp3) is 0.0645. The number of nitrogens with zero attached hydrogens (tertiary/aromatic N) is 4. The third-order valence-corrected chi connectivity index (χ3v) is 6.70. The average Bonchev–Trinajstić information content (AvgIpc) is 2.99. The van der Waals surface area contributed by atoms with E-state index in [1.807, 2.05) is 12.1 Å². The summed E-state index contributed by atoms with van der Waals surface area (Å²) in [5.74, 6) is -0.652. The van der Waals surface area contributed by atoms with Gasteiger partial charge in [-0.3, -0.25) is 9.59 Å². The number of aromatic nitrogens is 4. The molecule has 4 aromatic rings. The fourth-order valence-electron chi connectivity index (χ4n) is 4.68. The Labute approximate surface area is 237 Å². The number of carbonyl (C=O) groups is 2. The SMILES string of the molecule is Cc1nnc(-c2ccc(CNC(=O)c3ccc(-c4c5ccc(=O)cc-5oc5cc(O)ccc45)c(C(=O)O)c3)cc2)nn1. The lowest BCUT2D eigenvalue weighted by Crippen LogP contribution is -2.23. The van der Waals surface area contributed by atoms with Crippen LogP contribution in [0.25, 0.3) is 44.8 Å². The number of amides is 1. The fourth-order valence-corrected chi connectivity index (χ4v) is 4.68. The Morgan fingerprint density at radius 3 is 2.33 bits per heavy atom. The number of aryl methyl sites for hydroxylation is 1. The molecular formula is C31H21N5O6. The molecular weight excluding hydrogens is 538 g/mol. The molecule has 2 aliphatic rings. The summed E-state index contributed by atoms with van der Waals surface area (Å²) in [6.07, 6.45) is 0. The van der Waals surface area contributed by atoms with Gasteiger partial charge in [0.05, 0.1) is 5.56 Å². The molecule has 6 rings (SSSR count). The van der Waals surface area contributed by atoms with E-state index in [0.29, 0.717) is 33.7 Å². The first kappa shape index (κ1) is 26.3. The van der Waals surface area contributed by atoms with Crippen LogP contribution in [0.3, 0.4) is 0 Å². The molecule has 0 saturated carbocycles. The summed E-state index contributed by atoms with van der Waals surface area (Å²) in [6, 6.07) is 20.3.